The maximum atomic E-state index is 10.9. The lowest BCUT2D eigenvalue weighted by atomic mass is 10.1. The average molecular weight is 255 g/mol. The summed E-state index contributed by atoms with van der Waals surface area (Å²) in [6.07, 6.45) is 1.24. The third kappa shape index (κ3) is 8.07. The van der Waals surface area contributed by atoms with Crippen molar-refractivity contribution >= 4 is 21.6 Å². The van der Waals surface area contributed by atoms with Crippen molar-refractivity contribution < 1.29 is 13.5 Å². The molecule has 15 heavy (non-hydrogen) atoms. The number of rotatable bonds is 8. The Morgan fingerprint density at radius 1 is 1.47 bits per heavy atom. The number of aliphatic hydroxyl groups excluding tert-OH is 1. The molecule has 0 rings (SSSR count). The molecule has 0 spiro atoms. The number of sulfone groups is 1. The monoisotopic (exact) mass is 255 g/mol. The van der Waals surface area contributed by atoms with Crippen molar-refractivity contribution in [2.24, 2.45) is 0 Å². The van der Waals surface area contributed by atoms with Crippen LogP contribution in [0.1, 0.15) is 13.8 Å². The molecule has 0 aliphatic rings. The first-order valence-corrected chi connectivity index (χ1v) is 8.16. The van der Waals surface area contributed by atoms with Crippen LogP contribution in [-0.4, -0.2) is 55.7 Å². The zero-order chi connectivity index (χ0) is 11.9. The van der Waals surface area contributed by atoms with Gasteiger partial charge in [0.15, 0.2) is 0 Å². The Balaban J connectivity index is 3.82. The summed E-state index contributed by atoms with van der Waals surface area (Å²) in [4.78, 5) is 0. The van der Waals surface area contributed by atoms with Crippen molar-refractivity contribution in [1.29, 1.82) is 0 Å². The summed E-state index contributed by atoms with van der Waals surface area (Å²) in [6, 6.07) is 0. The van der Waals surface area contributed by atoms with Crippen LogP contribution in [0.25, 0.3) is 0 Å². The lowest BCUT2D eigenvalue weighted by Crippen LogP contribution is -2.48. The maximum absolute atomic E-state index is 10.9. The summed E-state index contributed by atoms with van der Waals surface area (Å²) < 4.78 is 21.7. The second-order valence-corrected chi connectivity index (χ2v) is 7.30. The number of aliphatic hydroxyl groups is 1. The van der Waals surface area contributed by atoms with Crippen molar-refractivity contribution in [1.82, 2.24) is 5.32 Å². The fourth-order valence-electron chi connectivity index (χ4n) is 1.09. The topological polar surface area (TPSA) is 66.4 Å². The predicted molar refractivity (Wildman–Crippen MR) is 66.2 cm³/mol. The summed E-state index contributed by atoms with van der Waals surface area (Å²) in [7, 11) is -2.86. The predicted octanol–water partition coefficient (Wildman–Crippen LogP) is 0.125. The standard InChI is InChI=1S/C9H21NO3S2/c1-4-10-9(2,7-11)8-14-5-6-15(3,12)13/h10-11H,4-8H2,1-3H3. The second-order valence-electron chi connectivity index (χ2n) is 3.93. The van der Waals surface area contributed by atoms with Gasteiger partial charge in [0.05, 0.1) is 12.4 Å². The largest absolute Gasteiger partial charge is 0.394 e. The molecular formula is C9H21NO3S2. The Kier molecular flexibility index (Phi) is 6.83. The molecule has 0 aromatic heterocycles. The van der Waals surface area contributed by atoms with Gasteiger partial charge in [-0.1, -0.05) is 6.92 Å². The third-order valence-corrected chi connectivity index (χ3v) is 4.51. The third-order valence-electron chi connectivity index (χ3n) is 1.97. The van der Waals surface area contributed by atoms with E-state index in [1.807, 2.05) is 13.8 Å². The van der Waals surface area contributed by atoms with Gasteiger partial charge in [0.2, 0.25) is 0 Å². The average Bonchev–Trinajstić information content (AvgIpc) is 2.12. The SMILES string of the molecule is CCNC(C)(CO)CSCCS(C)(=O)=O. The van der Waals surface area contributed by atoms with Crippen LogP contribution >= 0.6 is 11.8 Å². The lowest BCUT2D eigenvalue weighted by Gasteiger charge is -2.27. The van der Waals surface area contributed by atoms with Crippen molar-refractivity contribution in [3.8, 4) is 0 Å². The zero-order valence-electron chi connectivity index (χ0n) is 9.62. The molecule has 0 heterocycles. The van der Waals surface area contributed by atoms with Crippen molar-refractivity contribution in [3.63, 3.8) is 0 Å². The minimum absolute atomic E-state index is 0.0622. The molecule has 6 heteroatoms. The molecule has 92 valence electrons. The highest BCUT2D eigenvalue weighted by Crippen LogP contribution is 2.12. The summed E-state index contributed by atoms with van der Waals surface area (Å²) in [6.45, 7) is 4.77. The van der Waals surface area contributed by atoms with E-state index in [-0.39, 0.29) is 17.9 Å². The molecular weight excluding hydrogens is 234 g/mol. The highest BCUT2D eigenvalue weighted by atomic mass is 32.2. The zero-order valence-corrected chi connectivity index (χ0v) is 11.2. The molecule has 0 saturated heterocycles. The van der Waals surface area contributed by atoms with E-state index >= 15 is 0 Å². The molecule has 0 bridgehead atoms. The van der Waals surface area contributed by atoms with Gasteiger partial charge in [-0.15, -0.1) is 0 Å². The van der Waals surface area contributed by atoms with Crippen LogP contribution in [0, 0.1) is 0 Å². The van der Waals surface area contributed by atoms with Gasteiger partial charge >= 0.3 is 0 Å². The van der Waals surface area contributed by atoms with E-state index in [2.05, 4.69) is 5.32 Å². The number of thioether (sulfide) groups is 1. The molecule has 0 fully saturated rings. The number of likely N-dealkylation sites (N-methyl/N-ethyl adjacent to an activating group) is 1. The first-order chi connectivity index (χ1) is 6.83. The van der Waals surface area contributed by atoms with E-state index in [1.54, 1.807) is 11.8 Å². The molecule has 2 N–H and O–H groups in total. The van der Waals surface area contributed by atoms with Crippen LogP contribution in [0.4, 0.5) is 0 Å². The van der Waals surface area contributed by atoms with Crippen LogP contribution in [-0.2, 0) is 9.84 Å². The Morgan fingerprint density at radius 2 is 2.07 bits per heavy atom. The van der Waals surface area contributed by atoms with Crippen LogP contribution in [0.5, 0.6) is 0 Å². The molecule has 1 atom stereocenters. The highest BCUT2D eigenvalue weighted by Gasteiger charge is 2.21. The molecule has 4 nitrogen and oxygen atoms in total. The van der Waals surface area contributed by atoms with Gasteiger partial charge in [0.25, 0.3) is 0 Å². The molecule has 0 aromatic carbocycles. The van der Waals surface area contributed by atoms with Gasteiger partial charge in [-0.25, -0.2) is 8.42 Å². The fourth-order valence-corrected chi connectivity index (χ4v) is 3.56. The maximum Gasteiger partial charge on any atom is 0.148 e. The Bertz CT molecular complexity index is 267. The molecule has 0 aliphatic carbocycles. The van der Waals surface area contributed by atoms with Crippen LogP contribution in [0.3, 0.4) is 0 Å². The van der Waals surface area contributed by atoms with E-state index in [0.717, 1.165) is 6.54 Å². The highest BCUT2D eigenvalue weighted by molar-refractivity contribution is 8.00. The Labute approximate surface area is 96.8 Å². The number of nitrogens with one attached hydrogen (secondary N) is 1. The van der Waals surface area contributed by atoms with E-state index in [4.69, 9.17) is 0 Å². The minimum atomic E-state index is -2.86. The van der Waals surface area contributed by atoms with Gasteiger partial charge in [-0.3, -0.25) is 0 Å². The first-order valence-electron chi connectivity index (χ1n) is 4.94. The first kappa shape index (κ1) is 15.2. The summed E-state index contributed by atoms with van der Waals surface area (Å²) in [5, 5.41) is 12.4. The van der Waals surface area contributed by atoms with E-state index < -0.39 is 9.84 Å². The number of hydrogen-bond donors (Lipinski definition) is 2. The minimum Gasteiger partial charge on any atom is -0.394 e. The Hall–Kier alpha value is 0.220. The fraction of sp³-hybridized carbons (Fsp3) is 1.00. The molecule has 1 unspecified atom stereocenters. The lowest BCUT2D eigenvalue weighted by molar-refractivity contribution is 0.194. The summed E-state index contributed by atoms with van der Waals surface area (Å²) in [5.74, 6) is 1.50. The van der Waals surface area contributed by atoms with E-state index in [0.29, 0.717) is 11.5 Å². The van der Waals surface area contributed by atoms with E-state index in [9.17, 15) is 13.5 Å². The normalized spacial score (nSPS) is 16.3. The second kappa shape index (κ2) is 6.73. The molecule has 0 amide bonds. The number of hydrogen-bond acceptors (Lipinski definition) is 5. The Morgan fingerprint density at radius 3 is 2.47 bits per heavy atom. The van der Waals surface area contributed by atoms with E-state index in [1.165, 1.54) is 6.26 Å². The van der Waals surface area contributed by atoms with Gasteiger partial charge in [0.1, 0.15) is 9.84 Å². The van der Waals surface area contributed by atoms with Gasteiger partial charge in [-0.2, -0.15) is 11.8 Å². The smallest absolute Gasteiger partial charge is 0.148 e. The summed E-state index contributed by atoms with van der Waals surface area (Å²) >= 11 is 1.55. The summed E-state index contributed by atoms with van der Waals surface area (Å²) in [5.41, 5.74) is -0.309. The van der Waals surface area contributed by atoms with Crippen LogP contribution in [0.15, 0.2) is 0 Å². The van der Waals surface area contributed by atoms with Crippen LogP contribution in [0.2, 0.25) is 0 Å². The quantitative estimate of drug-likeness (QED) is 0.603. The van der Waals surface area contributed by atoms with Gasteiger partial charge in [0, 0.05) is 23.3 Å². The van der Waals surface area contributed by atoms with Crippen molar-refractivity contribution in [2.75, 3.05) is 36.7 Å². The molecule has 0 radical (unpaired) electrons. The molecule has 0 aromatic rings. The van der Waals surface area contributed by atoms with Gasteiger partial charge in [-0.05, 0) is 13.5 Å². The van der Waals surface area contributed by atoms with Crippen LogP contribution < -0.4 is 5.32 Å². The van der Waals surface area contributed by atoms with Crippen molar-refractivity contribution in [2.45, 2.75) is 19.4 Å². The van der Waals surface area contributed by atoms with Gasteiger partial charge < -0.3 is 10.4 Å². The molecule has 0 aliphatic heterocycles. The molecule has 0 saturated carbocycles. The van der Waals surface area contributed by atoms with Crippen molar-refractivity contribution in [3.05, 3.63) is 0 Å².